The summed E-state index contributed by atoms with van der Waals surface area (Å²) in [5.41, 5.74) is 0. The average molecular weight is 756 g/mol. The quantitative estimate of drug-likeness (QED) is 0.0251. The van der Waals surface area contributed by atoms with E-state index in [0.29, 0.717) is 19.3 Å². The van der Waals surface area contributed by atoms with Crippen LogP contribution in [-0.4, -0.2) is 46.9 Å². The van der Waals surface area contributed by atoms with Crippen LogP contribution in [0.1, 0.15) is 207 Å². The number of nitrogens with one attached hydrogen (secondary N) is 1. The summed E-state index contributed by atoms with van der Waals surface area (Å²) in [6.45, 7) is 6.28. The highest BCUT2D eigenvalue weighted by atomic mass is 16.5. The number of aliphatic hydroxyl groups excluding tert-OH is 2. The lowest BCUT2D eigenvalue weighted by molar-refractivity contribution is -0.151. The van der Waals surface area contributed by atoms with E-state index in [-0.39, 0.29) is 24.9 Å². The molecule has 312 valence electrons. The Morgan fingerprint density at radius 1 is 0.556 bits per heavy atom. The fourth-order valence-corrected chi connectivity index (χ4v) is 6.50. The molecule has 0 aliphatic heterocycles. The second-order valence-electron chi connectivity index (χ2n) is 15.2. The molecule has 0 bridgehead atoms. The number of carbonyl (C=O) groups excluding carboxylic acids is 2. The molecule has 0 aliphatic carbocycles. The second-order valence-corrected chi connectivity index (χ2v) is 15.2. The molecule has 0 aromatic heterocycles. The van der Waals surface area contributed by atoms with E-state index in [2.05, 4.69) is 50.4 Å². The van der Waals surface area contributed by atoms with Gasteiger partial charge in [0.15, 0.2) is 0 Å². The van der Waals surface area contributed by atoms with Crippen molar-refractivity contribution in [3.05, 3.63) is 60.8 Å². The Morgan fingerprint density at radius 2 is 1.04 bits per heavy atom. The first kappa shape index (κ1) is 51.6. The van der Waals surface area contributed by atoms with Gasteiger partial charge < -0.3 is 20.3 Å². The van der Waals surface area contributed by atoms with Crippen molar-refractivity contribution < 1.29 is 24.5 Å². The molecule has 0 saturated heterocycles. The Bertz CT molecular complexity index is 984. The molecule has 3 N–H and O–H groups in total. The molecule has 3 atom stereocenters. The summed E-state index contributed by atoms with van der Waals surface area (Å²) in [7, 11) is 0. The summed E-state index contributed by atoms with van der Waals surface area (Å²) in [4.78, 5) is 25.9. The molecular weight excluding hydrogens is 671 g/mol. The van der Waals surface area contributed by atoms with E-state index < -0.39 is 18.2 Å². The van der Waals surface area contributed by atoms with Gasteiger partial charge in [0, 0.05) is 6.42 Å². The maximum absolute atomic E-state index is 13.1. The Labute approximate surface area is 333 Å². The minimum atomic E-state index is -0.806. The first-order chi connectivity index (χ1) is 26.5. The number of allylic oxidation sites excluding steroid dienone is 10. The number of esters is 1. The van der Waals surface area contributed by atoms with Crippen LogP contribution >= 0.6 is 0 Å². The standard InChI is InChI=1S/C48H85NO5/c1-4-7-10-13-16-19-22-23-24-26-29-32-35-38-41-48(53)54-44(39-36-33-30-27-25-20-17-14-11-8-5-2)42-47(52)49-45(43-50)46(51)40-37-34-31-28-21-18-15-12-9-6-3/h8,11,14,17,20,24-27,30,44-46,50-51H,4-7,9-10,12-13,15-16,18-19,21-23,28-29,31-43H2,1-3H3,(H,49,52)/b11-8+,17-14+,25-20-,26-24-,30-27-. The Hall–Kier alpha value is -2.44. The molecule has 0 spiro atoms. The summed E-state index contributed by atoms with van der Waals surface area (Å²) < 4.78 is 5.85. The zero-order valence-corrected chi connectivity index (χ0v) is 35.3. The fraction of sp³-hybridized carbons (Fsp3) is 0.750. The SMILES string of the molecule is CC/C=C/C=C/C=C\C=C/CCCC(CC(=O)NC(CO)C(O)CCCCCCCCCCCC)OC(=O)CCCCC/C=C\CCCCCCCCC. The normalized spacial score (nSPS) is 13.9. The summed E-state index contributed by atoms with van der Waals surface area (Å²) >= 11 is 0. The lowest BCUT2D eigenvalue weighted by Gasteiger charge is -2.24. The van der Waals surface area contributed by atoms with E-state index in [4.69, 9.17) is 4.74 Å². The molecule has 1 amide bonds. The smallest absolute Gasteiger partial charge is 0.306 e. The first-order valence-electron chi connectivity index (χ1n) is 22.6. The summed E-state index contributed by atoms with van der Waals surface area (Å²) in [5.74, 6) is -0.566. The van der Waals surface area contributed by atoms with Gasteiger partial charge in [0.05, 0.1) is 25.2 Å². The third-order valence-electron chi connectivity index (χ3n) is 9.93. The topological polar surface area (TPSA) is 95.9 Å². The number of carbonyl (C=O) groups is 2. The third-order valence-corrected chi connectivity index (χ3v) is 9.93. The van der Waals surface area contributed by atoms with Crippen LogP contribution < -0.4 is 5.32 Å². The van der Waals surface area contributed by atoms with Crippen molar-refractivity contribution >= 4 is 11.9 Å². The van der Waals surface area contributed by atoms with Gasteiger partial charge in [-0.3, -0.25) is 9.59 Å². The predicted molar refractivity (Wildman–Crippen MR) is 232 cm³/mol. The van der Waals surface area contributed by atoms with E-state index in [9.17, 15) is 19.8 Å². The number of hydrogen-bond donors (Lipinski definition) is 3. The fourth-order valence-electron chi connectivity index (χ4n) is 6.50. The van der Waals surface area contributed by atoms with Crippen LogP contribution in [0.5, 0.6) is 0 Å². The Balaban J connectivity index is 4.70. The molecule has 6 nitrogen and oxygen atoms in total. The van der Waals surface area contributed by atoms with Crippen molar-refractivity contribution in [3.63, 3.8) is 0 Å². The van der Waals surface area contributed by atoms with E-state index in [1.165, 1.54) is 89.9 Å². The average Bonchev–Trinajstić information content (AvgIpc) is 3.16. The highest BCUT2D eigenvalue weighted by Crippen LogP contribution is 2.16. The van der Waals surface area contributed by atoms with E-state index in [1.807, 2.05) is 36.5 Å². The van der Waals surface area contributed by atoms with Crippen LogP contribution in [0.2, 0.25) is 0 Å². The van der Waals surface area contributed by atoms with Crippen molar-refractivity contribution in [1.29, 1.82) is 0 Å². The van der Waals surface area contributed by atoms with Crippen LogP contribution in [0, 0.1) is 0 Å². The minimum absolute atomic E-state index is 0.0242. The number of amides is 1. The molecule has 0 rings (SSSR count). The number of rotatable bonds is 39. The monoisotopic (exact) mass is 756 g/mol. The molecule has 0 saturated carbocycles. The largest absolute Gasteiger partial charge is 0.462 e. The number of unbranched alkanes of at least 4 members (excludes halogenated alkanes) is 20. The molecule has 6 heteroatoms. The summed E-state index contributed by atoms with van der Waals surface area (Å²) in [6, 6.07) is -0.724. The van der Waals surface area contributed by atoms with Gasteiger partial charge >= 0.3 is 5.97 Å². The molecule has 0 aromatic rings. The Kier molecular flexibility index (Phi) is 39.8. The highest BCUT2D eigenvalue weighted by Gasteiger charge is 2.24. The molecule has 0 fully saturated rings. The van der Waals surface area contributed by atoms with Gasteiger partial charge in [-0.05, 0) is 64.2 Å². The van der Waals surface area contributed by atoms with E-state index in [1.54, 1.807) is 0 Å². The van der Waals surface area contributed by atoms with Crippen LogP contribution in [0.15, 0.2) is 60.8 Å². The second kappa shape index (κ2) is 41.7. The highest BCUT2D eigenvalue weighted by molar-refractivity contribution is 5.77. The minimum Gasteiger partial charge on any atom is -0.462 e. The molecule has 0 aromatic carbocycles. The molecule has 54 heavy (non-hydrogen) atoms. The van der Waals surface area contributed by atoms with E-state index in [0.717, 1.165) is 70.6 Å². The van der Waals surface area contributed by atoms with Crippen LogP contribution in [0.25, 0.3) is 0 Å². The van der Waals surface area contributed by atoms with Crippen LogP contribution in [0.4, 0.5) is 0 Å². The van der Waals surface area contributed by atoms with Gasteiger partial charge in [-0.25, -0.2) is 0 Å². The Morgan fingerprint density at radius 3 is 1.59 bits per heavy atom. The van der Waals surface area contributed by atoms with Gasteiger partial charge in [-0.1, -0.05) is 191 Å². The molecule has 0 radical (unpaired) electrons. The molecule has 0 aliphatic rings. The van der Waals surface area contributed by atoms with Crippen molar-refractivity contribution in [2.24, 2.45) is 0 Å². The van der Waals surface area contributed by atoms with E-state index >= 15 is 0 Å². The van der Waals surface area contributed by atoms with Gasteiger partial charge in [-0.15, -0.1) is 0 Å². The molecule has 0 heterocycles. The summed E-state index contributed by atoms with van der Waals surface area (Å²) in [6.07, 6.45) is 50.0. The predicted octanol–water partition coefficient (Wildman–Crippen LogP) is 12.9. The van der Waals surface area contributed by atoms with Crippen molar-refractivity contribution in [1.82, 2.24) is 5.32 Å². The van der Waals surface area contributed by atoms with Gasteiger partial charge in [0.2, 0.25) is 5.91 Å². The number of aliphatic hydroxyl groups is 2. The molecular formula is C48H85NO5. The van der Waals surface area contributed by atoms with Gasteiger partial charge in [0.1, 0.15) is 6.10 Å². The zero-order chi connectivity index (χ0) is 39.6. The molecule has 3 unspecified atom stereocenters. The van der Waals surface area contributed by atoms with Gasteiger partial charge in [-0.2, -0.15) is 0 Å². The third kappa shape index (κ3) is 36.5. The zero-order valence-electron chi connectivity index (χ0n) is 35.3. The number of ether oxygens (including phenoxy) is 1. The first-order valence-corrected chi connectivity index (χ1v) is 22.6. The van der Waals surface area contributed by atoms with Crippen LogP contribution in [0.3, 0.4) is 0 Å². The van der Waals surface area contributed by atoms with Gasteiger partial charge in [0.25, 0.3) is 0 Å². The number of hydrogen-bond acceptors (Lipinski definition) is 5. The summed E-state index contributed by atoms with van der Waals surface area (Å²) in [5, 5.41) is 23.5. The lowest BCUT2D eigenvalue weighted by Crippen LogP contribution is -2.46. The van der Waals surface area contributed by atoms with Crippen LogP contribution in [-0.2, 0) is 14.3 Å². The van der Waals surface area contributed by atoms with Crippen molar-refractivity contribution in [2.75, 3.05) is 6.61 Å². The lowest BCUT2D eigenvalue weighted by atomic mass is 10.0. The maximum Gasteiger partial charge on any atom is 0.306 e. The van der Waals surface area contributed by atoms with Crippen molar-refractivity contribution in [3.8, 4) is 0 Å². The van der Waals surface area contributed by atoms with Crippen molar-refractivity contribution in [2.45, 2.75) is 225 Å². The maximum atomic E-state index is 13.1.